The van der Waals surface area contributed by atoms with Gasteiger partial charge in [-0.3, -0.25) is 4.79 Å². The molecular weight excluding hydrogens is 226 g/mol. The normalized spacial score (nSPS) is 19.4. The molecule has 0 saturated carbocycles. The van der Waals surface area contributed by atoms with E-state index in [2.05, 4.69) is 4.74 Å². The van der Waals surface area contributed by atoms with Crippen LogP contribution in [0.4, 0.5) is 4.79 Å². The van der Waals surface area contributed by atoms with Crippen molar-refractivity contribution in [1.82, 2.24) is 4.90 Å². The first-order chi connectivity index (χ1) is 7.76. The van der Waals surface area contributed by atoms with Gasteiger partial charge in [0.15, 0.2) is 6.04 Å². The lowest BCUT2D eigenvalue weighted by atomic mass is 10.2. The molecule has 0 aliphatic carbocycles. The summed E-state index contributed by atoms with van der Waals surface area (Å²) in [5.74, 6) is -1.27. The maximum Gasteiger partial charge on any atom is 0.418 e. The SMILES string of the molecule is COC(=O)C1C=CC(=O)N1C(=O)OC(C)(C)C. The van der Waals surface area contributed by atoms with Crippen molar-refractivity contribution in [3.05, 3.63) is 12.2 Å². The van der Waals surface area contributed by atoms with Crippen molar-refractivity contribution in [1.29, 1.82) is 0 Å². The Hall–Kier alpha value is -1.85. The fourth-order valence-corrected chi connectivity index (χ4v) is 1.30. The molecule has 94 valence electrons. The Labute approximate surface area is 99.2 Å². The van der Waals surface area contributed by atoms with Crippen LogP contribution in [0.1, 0.15) is 20.8 Å². The van der Waals surface area contributed by atoms with Crippen molar-refractivity contribution in [2.24, 2.45) is 0 Å². The minimum atomic E-state index is -1.04. The Kier molecular flexibility index (Phi) is 3.55. The van der Waals surface area contributed by atoms with Crippen LogP contribution in [0.15, 0.2) is 12.2 Å². The van der Waals surface area contributed by atoms with Gasteiger partial charge >= 0.3 is 12.1 Å². The predicted molar refractivity (Wildman–Crippen MR) is 58.0 cm³/mol. The van der Waals surface area contributed by atoms with E-state index in [4.69, 9.17) is 4.74 Å². The molecule has 0 bridgehead atoms. The molecule has 0 aromatic carbocycles. The van der Waals surface area contributed by atoms with E-state index in [9.17, 15) is 14.4 Å². The Morgan fingerprint density at radius 3 is 2.41 bits per heavy atom. The van der Waals surface area contributed by atoms with E-state index in [1.54, 1.807) is 20.8 Å². The van der Waals surface area contributed by atoms with Gasteiger partial charge in [-0.1, -0.05) is 0 Å². The van der Waals surface area contributed by atoms with Gasteiger partial charge in [-0.25, -0.2) is 14.5 Å². The molecule has 0 N–H and O–H groups in total. The summed E-state index contributed by atoms with van der Waals surface area (Å²) in [5.41, 5.74) is -0.735. The van der Waals surface area contributed by atoms with Gasteiger partial charge in [-0.15, -0.1) is 0 Å². The van der Waals surface area contributed by atoms with E-state index < -0.39 is 29.6 Å². The standard InChI is InChI=1S/C11H15NO5/c1-11(2,3)17-10(15)12-7(9(14)16-4)5-6-8(12)13/h5-7H,1-4H3. The van der Waals surface area contributed by atoms with Crippen LogP contribution in [0.2, 0.25) is 0 Å². The third-order valence-electron chi connectivity index (χ3n) is 1.97. The van der Waals surface area contributed by atoms with Crippen molar-refractivity contribution in [2.45, 2.75) is 32.4 Å². The molecule has 0 aromatic heterocycles. The number of carbonyl (C=O) groups excluding carboxylic acids is 3. The summed E-state index contributed by atoms with van der Waals surface area (Å²) in [5, 5.41) is 0. The summed E-state index contributed by atoms with van der Waals surface area (Å²) in [6, 6.07) is -1.04. The molecular formula is C11H15NO5. The van der Waals surface area contributed by atoms with Crippen molar-refractivity contribution in [2.75, 3.05) is 7.11 Å². The van der Waals surface area contributed by atoms with E-state index >= 15 is 0 Å². The first-order valence-corrected chi connectivity index (χ1v) is 5.08. The van der Waals surface area contributed by atoms with Gasteiger partial charge in [0, 0.05) is 6.08 Å². The fraction of sp³-hybridized carbons (Fsp3) is 0.545. The van der Waals surface area contributed by atoms with Gasteiger partial charge in [-0.05, 0) is 26.8 Å². The molecule has 0 saturated heterocycles. The van der Waals surface area contributed by atoms with Crippen molar-refractivity contribution in [3.63, 3.8) is 0 Å². The second-order valence-corrected chi connectivity index (χ2v) is 4.52. The molecule has 0 aromatic rings. The Morgan fingerprint density at radius 2 is 1.94 bits per heavy atom. The molecule has 1 unspecified atom stereocenters. The zero-order chi connectivity index (χ0) is 13.2. The van der Waals surface area contributed by atoms with Crippen LogP contribution in [-0.4, -0.2) is 41.6 Å². The number of carbonyl (C=O) groups is 3. The van der Waals surface area contributed by atoms with Gasteiger partial charge in [0.2, 0.25) is 0 Å². The minimum absolute atomic E-state index is 0.588. The number of amides is 2. The monoisotopic (exact) mass is 241 g/mol. The van der Waals surface area contributed by atoms with Gasteiger partial charge in [-0.2, -0.15) is 0 Å². The zero-order valence-corrected chi connectivity index (χ0v) is 10.2. The van der Waals surface area contributed by atoms with Crippen LogP contribution in [-0.2, 0) is 19.1 Å². The van der Waals surface area contributed by atoms with E-state index in [0.29, 0.717) is 0 Å². The lowest BCUT2D eigenvalue weighted by molar-refractivity contribution is -0.147. The third kappa shape index (κ3) is 3.05. The maximum absolute atomic E-state index is 11.7. The van der Waals surface area contributed by atoms with Crippen LogP contribution in [0.3, 0.4) is 0 Å². The summed E-state index contributed by atoms with van der Waals surface area (Å²) in [4.78, 5) is 35.3. The van der Waals surface area contributed by atoms with E-state index in [0.717, 1.165) is 11.0 Å². The molecule has 1 aliphatic heterocycles. The first-order valence-electron chi connectivity index (χ1n) is 5.08. The zero-order valence-electron chi connectivity index (χ0n) is 10.2. The molecule has 0 spiro atoms. The average molecular weight is 241 g/mol. The number of imide groups is 1. The van der Waals surface area contributed by atoms with Crippen LogP contribution < -0.4 is 0 Å². The molecule has 2 amide bonds. The minimum Gasteiger partial charge on any atom is -0.467 e. The van der Waals surface area contributed by atoms with Crippen LogP contribution in [0.25, 0.3) is 0 Å². The van der Waals surface area contributed by atoms with E-state index in [-0.39, 0.29) is 0 Å². The van der Waals surface area contributed by atoms with Crippen molar-refractivity contribution in [3.8, 4) is 0 Å². The summed E-state index contributed by atoms with van der Waals surface area (Å²) >= 11 is 0. The van der Waals surface area contributed by atoms with Crippen LogP contribution in [0, 0.1) is 0 Å². The largest absolute Gasteiger partial charge is 0.467 e. The molecule has 6 heteroatoms. The average Bonchev–Trinajstić information content (AvgIpc) is 2.56. The smallest absolute Gasteiger partial charge is 0.418 e. The predicted octanol–water partition coefficient (Wildman–Crippen LogP) is 0.861. The number of nitrogens with zero attached hydrogens (tertiary/aromatic N) is 1. The van der Waals surface area contributed by atoms with Gasteiger partial charge in [0.25, 0.3) is 5.91 Å². The summed E-state index contributed by atoms with van der Waals surface area (Å²) in [6.45, 7) is 5.02. The lowest BCUT2D eigenvalue weighted by Gasteiger charge is -2.26. The summed E-state index contributed by atoms with van der Waals surface area (Å²) < 4.78 is 9.54. The lowest BCUT2D eigenvalue weighted by Crippen LogP contribution is -2.46. The van der Waals surface area contributed by atoms with Crippen LogP contribution in [0.5, 0.6) is 0 Å². The Morgan fingerprint density at radius 1 is 1.35 bits per heavy atom. The number of ether oxygens (including phenoxy) is 2. The molecule has 1 rings (SSSR count). The number of hydrogen-bond donors (Lipinski definition) is 0. The molecule has 6 nitrogen and oxygen atoms in total. The highest BCUT2D eigenvalue weighted by molar-refractivity contribution is 6.06. The Balaban J connectivity index is 2.84. The summed E-state index contributed by atoms with van der Waals surface area (Å²) in [7, 11) is 1.19. The van der Waals surface area contributed by atoms with Crippen molar-refractivity contribution >= 4 is 18.0 Å². The Bertz CT molecular complexity index is 380. The molecule has 1 heterocycles. The number of rotatable bonds is 1. The molecule has 1 aliphatic rings. The highest BCUT2D eigenvalue weighted by Gasteiger charge is 2.39. The highest BCUT2D eigenvalue weighted by Crippen LogP contribution is 2.17. The van der Waals surface area contributed by atoms with Gasteiger partial charge in [0.05, 0.1) is 7.11 Å². The quantitative estimate of drug-likeness (QED) is 0.637. The topological polar surface area (TPSA) is 72.9 Å². The number of methoxy groups -OCH3 is 1. The molecule has 0 fully saturated rings. The first kappa shape index (κ1) is 13.2. The molecule has 1 atom stereocenters. The van der Waals surface area contributed by atoms with Gasteiger partial charge in [0.1, 0.15) is 5.60 Å². The number of hydrogen-bond acceptors (Lipinski definition) is 5. The molecule has 0 radical (unpaired) electrons. The summed E-state index contributed by atoms with van der Waals surface area (Å²) in [6.07, 6.45) is 1.59. The van der Waals surface area contributed by atoms with Crippen molar-refractivity contribution < 1.29 is 23.9 Å². The number of esters is 1. The fourth-order valence-electron chi connectivity index (χ4n) is 1.30. The second kappa shape index (κ2) is 4.57. The van der Waals surface area contributed by atoms with E-state index in [1.165, 1.54) is 13.2 Å². The van der Waals surface area contributed by atoms with Crippen LogP contribution >= 0.6 is 0 Å². The van der Waals surface area contributed by atoms with Gasteiger partial charge < -0.3 is 9.47 Å². The van der Waals surface area contributed by atoms with E-state index in [1.807, 2.05) is 0 Å². The highest BCUT2D eigenvalue weighted by atomic mass is 16.6. The molecule has 17 heavy (non-hydrogen) atoms. The second-order valence-electron chi connectivity index (χ2n) is 4.52. The maximum atomic E-state index is 11.7. The third-order valence-corrected chi connectivity index (χ3v) is 1.97.